The van der Waals surface area contributed by atoms with Crippen molar-refractivity contribution < 1.29 is 4.79 Å². The summed E-state index contributed by atoms with van der Waals surface area (Å²) < 4.78 is 0. The number of hydrogen-bond donors (Lipinski definition) is 3. The standard InChI is InChI=1S/C18H17N3O/c22-18-17(19-10-11-20-18)15-13-8-4-5-9-14(13)21-16(15)12-6-2-1-3-7-12/h1-9,17,19,21H,10-11H2,(H,20,22). The van der Waals surface area contributed by atoms with Gasteiger partial charge in [0, 0.05) is 29.6 Å². The summed E-state index contributed by atoms with van der Waals surface area (Å²) >= 11 is 0. The van der Waals surface area contributed by atoms with Crippen molar-refractivity contribution in [2.75, 3.05) is 13.1 Å². The van der Waals surface area contributed by atoms with Crippen molar-refractivity contribution >= 4 is 16.8 Å². The zero-order chi connectivity index (χ0) is 14.9. The highest BCUT2D eigenvalue weighted by Gasteiger charge is 2.29. The molecule has 0 saturated carbocycles. The Hall–Kier alpha value is -2.59. The van der Waals surface area contributed by atoms with E-state index in [9.17, 15) is 4.79 Å². The molecule has 0 bridgehead atoms. The van der Waals surface area contributed by atoms with Crippen LogP contribution >= 0.6 is 0 Å². The second-order valence-electron chi connectivity index (χ2n) is 5.50. The van der Waals surface area contributed by atoms with E-state index in [2.05, 4.69) is 33.8 Å². The van der Waals surface area contributed by atoms with Crippen LogP contribution in [0.3, 0.4) is 0 Å². The number of fused-ring (bicyclic) bond motifs is 1. The largest absolute Gasteiger partial charge is 0.354 e. The first-order chi connectivity index (χ1) is 10.8. The molecular weight excluding hydrogens is 274 g/mol. The molecule has 4 rings (SSSR count). The molecule has 4 nitrogen and oxygen atoms in total. The Kier molecular flexibility index (Phi) is 3.16. The van der Waals surface area contributed by atoms with Gasteiger partial charge in [0.1, 0.15) is 6.04 Å². The summed E-state index contributed by atoms with van der Waals surface area (Å²) in [6.45, 7) is 1.46. The average molecular weight is 291 g/mol. The van der Waals surface area contributed by atoms with Gasteiger partial charge in [-0.05, 0) is 11.6 Å². The van der Waals surface area contributed by atoms with E-state index in [4.69, 9.17) is 0 Å². The van der Waals surface area contributed by atoms with E-state index in [1.807, 2.05) is 36.4 Å². The smallest absolute Gasteiger partial charge is 0.241 e. The van der Waals surface area contributed by atoms with Gasteiger partial charge in [-0.2, -0.15) is 0 Å². The molecule has 22 heavy (non-hydrogen) atoms. The Balaban J connectivity index is 1.96. The molecule has 1 amide bonds. The number of piperazine rings is 1. The highest BCUT2D eigenvalue weighted by atomic mass is 16.2. The van der Waals surface area contributed by atoms with Crippen LogP contribution in [0.5, 0.6) is 0 Å². The fourth-order valence-electron chi connectivity index (χ4n) is 3.13. The predicted molar refractivity (Wildman–Crippen MR) is 87.5 cm³/mol. The van der Waals surface area contributed by atoms with Crippen LogP contribution in [0.4, 0.5) is 0 Å². The molecule has 1 aliphatic rings. The van der Waals surface area contributed by atoms with Crippen molar-refractivity contribution in [1.29, 1.82) is 0 Å². The van der Waals surface area contributed by atoms with E-state index in [0.717, 1.165) is 34.3 Å². The van der Waals surface area contributed by atoms with Crippen LogP contribution in [0.1, 0.15) is 11.6 Å². The van der Waals surface area contributed by atoms with Gasteiger partial charge in [0.2, 0.25) is 5.91 Å². The topological polar surface area (TPSA) is 56.9 Å². The third kappa shape index (κ3) is 2.09. The first kappa shape index (κ1) is 13.1. The number of nitrogens with one attached hydrogen (secondary N) is 3. The second-order valence-corrected chi connectivity index (χ2v) is 5.50. The maximum Gasteiger partial charge on any atom is 0.241 e. The van der Waals surface area contributed by atoms with Crippen molar-refractivity contribution in [3.8, 4) is 11.3 Å². The molecule has 110 valence electrons. The number of amides is 1. The molecule has 2 aromatic carbocycles. The Labute approximate surface area is 128 Å². The van der Waals surface area contributed by atoms with Crippen LogP contribution < -0.4 is 10.6 Å². The minimum absolute atomic E-state index is 0.0354. The molecule has 2 heterocycles. The summed E-state index contributed by atoms with van der Waals surface area (Å²) in [5.41, 5.74) is 4.18. The molecule has 1 aromatic heterocycles. The fraction of sp³-hybridized carbons (Fsp3) is 0.167. The average Bonchev–Trinajstić information content (AvgIpc) is 2.95. The number of rotatable bonds is 2. The summed E-state index contributed by atoms with van der Waals surface area (Å²) in [5.74, 6) is 0.0354. The highest BCUT2D eigenvalue weighted by Crippen LogP contribution is 2.35. The molecule has 1 aliphatic heterocycles. The summed E-state index contributed by atoms with van der Waals surface area (Å²) in [6.07, 6.45) is 0. The fourth-order valence-corrected chi connectivity index (χ4v) is 3.13. The molecule has 1 fully saturated rings. The molecule has 4 heteroatoms. The van der Waals surface area contributed by atoms with E-state index in [-0.39, 0.29) is 11.9 Å². The monoisotopic (exact) mass is 291 g/mol. The van der Waals surface area contributed by atoms with E-state index in [1.54, 1.807) is 0 Å². The van der Waals surface area contributed by atoms with Crippen LogP contribution in [0.15, 0.2) is 54.6 Å². The molecule has 0 radical (unpaired) electrons. The van der Waals surface area contributed by atoms with Gasteiger partial charge in [-0.15, -0.1) is 0 Å². The van der Waals surface area contributed by atoms with Crippen LogP contribution in [-0.4, -0.2) is 24.0 Å². The zero-order valence-electron chi connectivity index (χ0n) is 12.1. The Morgan fingerprint density at radius 2 is 1.68 bits per heavy atom. The second kappa shape index (κ2) is 5.31. The zero-order valence-corrected chi connectivity index (χ0v) is 12.1. The van der Waals surface area contributed by atoms with Crippen molar-refractivity contribution in [2.24, 2.45) is 0 Å². The molecule has 3 aromatic rings. The summed E-state index contributed by atoms with van der Waals surface area (Å²) in [5, 5.41) is 7.38. The first-order valence-corrected chi connectivity index (χ1v) is 7.52. The SMILES string of the molecule is O=C1NCCNC1c1c(-c2ccccc2)[nH]c2ccccc12. The van der Waals surface area contributed by atoms with Gasteiger partial charge in [-0.3, -0.25) is 4.79 Å². The van der Waals surface area contributed by atoms with E-state index in [0.29, 0.717) is 6.54 Å². The van der Waals surface area contributed by atoms with Gasteiger partial charge in [0.05, 0.1) is 5.69 Å². The van der Waals surface area contributed by atoms with Crippen LogP contribution in [-0.2, 0) is 4.79 Å². The lowest BCUT2D eigenvalue weighted by Gasteiger charge is -2.24. The van der Waals surface area contributed by atoms with Gasteiger partial charge in [-0.1, -0.05) is 48.5 Å². The van der Waals surface area contributed by atoms with Crippen LogP contribution in [0.25, 0.3) is 22.2 Å². The van der Waals surface area contributed by atoms with Gasteiger partial charge < -0.3 is 15.6 Å². The lowest BCUT2D eigenvalue weighted by Crippen LogP contribution is -2.47. The molecule has 3 N–H and O–H groups in total. The number of carbonyl (C=O) groups is 1. The number of para-hydroxylation sites is 1. The lowest BCUT2D eigenvalue weighted by atomic mass is 9.97. The minimum atomic E-state index is -0.319. The number of hydrogen-bond acceptors (Lipinski definition) is 2. The maximum atomic E-state index is 12.3. The Bertz CT molecular complexity index is 823. The number of aromatic amines is 1. The Morgan fingerprint density at radius 3 is 2.50 bits per heavy atom. The van der Waals surface area contributed by atoms with E-state index >= 15 is 0 Å². The Morgan fingerprint density at radius 1 is 0.909 bits per heavy atom. The first-order valence-electron chi connectivity index (χ1n) is 7.52. The van der Waals surface area contributed by atoms with Gasteiger partial charge in [0.25, 0.3) is 0 Å². The van der Waals surface area contributed by atoms with Crippen LogP contribution in [0.2, 0.25) is 0 Å². The van der Waals surface area contributed by atoms with Gasteiger partial charge >= 0.3 is 0 Å². The summed E-state index contributed by atoms with van der Waals surface area (Å²) in [7, 11) is 0. The van der Waals surface area contributed by atoms with Gasteiger partial charge in [-0.25, -0.2) is 0 Å². The number of benzene rings is 2. The summed E-state index contributed by atoms with van der Waals surface area (Å²) in [6, 6.07) is 18.0. The lowest BCUT2D eigenvalue weighted by molar-refractivity contribution is -0.124. The molecule has 0 aliphatic carbocycles. The number of carbonyl (C=O) groups excluding carboxylic acids is 1. The maximum absolute atomic E-state index is 12.3. The van der Waals surface area contributed by atoms with Crippen LogP contribution in [0, 0.1) is 0 Å². The number of aromatic nitrogens is 1. The van der Waals surface area contributed by atoms with E-state index < -0.39 is 0 Å². The number of H-pyrrole nitrogens is 1. The van der Waals surface area contributed by atoms with Crippen molar-refractivity contribution in [3.05, 3.63) is 60.2 Å². The molecule has 1 atom stereocenters. The van der Waals surface area contributed by atoms with Gasteiger partial charge in [0.15, 0.2) is 0 Å². The third-order valence-electron chi connectivity index (χ3n) is 4.13. The highest BCUT2D eigenvalue weighted by molar-refractivity contribution is 5.97. The molecule has 0 spiro atoms. The van der Waals surface area contributed by atoms with Crippen molar-refractivity contribution in [2.45, 2.75) is 6.04 Å². The van der Waals surface area contributed by atoms with Crippen molar-refractivity contribution in [1.82, 2.24) is 15.6 Å². The minimum Gasteiger partial charge on any atom is -0.354 e. The van der Waals surface area contributed by atoms with E-state index in [1.165, 1.54) is 0 Å². The normalized spacial score (nSPS) is 18.4. The third-order valence-corrected chi connectivity index (χ3v) is 4.13. The summed E-state index contributed by atoms with van der Waals surface area (Å²) in [4.78, 5) is 15.8. The van der Waals surface area contributed by atoms with Crippen molar-refractivity contribution in [3.63, 3.8) is 0 Å². The quantitative estimate of drug-likeness (QED) is 0.680. The molecule has 1 saturated heterocycles. The molecule has 1 unspecified atom stereocenters. The predicted octanol–water partition coefficient (Wildman–Crippen LogP) is 2.60. The molecular formula is C18H17N3O.